The van der Waals surface area contributed by atoms with E-state index >= 15 is 0 Å². The molecule has 3 heteroatoms. The van der Waals surface area contributed by atoms with Crippen molar-refractivity contribution in [2.24, 2.45) is 0 Å². The number of esters is 1. The molecule has 0 aromatic heterocycles. The summed E-state index contributed by atoms with van der Waals surface area (Å²) in [5, 5.41) is 8.79. The fraction of sp³-hybridized carbons (Fsp3) is 0.966. The van der Waals surface area contributed by atoms with Crippen LogP contribution in [0.4, 0.5) is 0 Å². The van der Waals surface area contributed by atoms with Crippen LogP contribution >= 0.6 is 0 Å². The molecular weight excluding hydrogens is 396 g/mol. The van der Waals surface area contributed by atoms with E-state index in [1.165, 1.54) is 109 Å². The molecule has 0 heterocycles. The monoisotopic (exact) mass is 454 g/mol. The number of aliphatic hydroxyl groups excluding tert-OH is 1. The standard InChI is InChI=1S/C29H58O3/c1-3-5-7-9-16-20-24-28(25-21-17-10-8-6-4-2)32-29(31)26-22-18-14-12-11-13-15-19-23-27-30/h28,30H,3-27H2,1-2H3. The van der Waals surface area contributed by atoms with Gasteiger partial charge in [-0.3, -0.25) is 4.79 Å². The summed E-state index contributed by atoms with van der Waals surface area (Å²) in [5.41, 5.74) is 0. The number of aliphatic hydroxyl groups is 1. The topological polar surface area (TPSA) is 46.5 Å². The Morgan fingerprint density at radius 3 is 1.38 bits per heavy atom. The van der Waals surface area contributed by atoms with Gasteiger partial charge in [0.15, 0.2) is 0 Å². The zero-order chi connectivity index (χ0) is 23.5. The van der Waals surface area contributed by atoms with Crippen molar-refractivity contribution in [2.45, 2.75) is 174 Å². The molecule has 0 atom stereocenters. The van der Waals surface area contributed by atoms with Gasteiger partial charge in [-0.25, -0.2) is 0 Å². The quantitative estimate of drug-likeness (QED) is 0.105. The Morgan fingerprint density at radius 1 is 0.562 bits per heavy atom. The first kappa shape index (κ1) is 31.4. The molecule has 0 fully saturated rings. The maximum atomic E-state index is 12.4. The molecule has 0 spiro atoms. The lowest BCUT2D eigenvalue weighted by Crippen LogP contribution is -2.18. The van der Waals surface area contributed by atoms with Crippen LogP contribution < -0.4 is 0 Å². The Bertz CT molecular complexity index is 353. The highest BCUT2D eigenvalue weighted by Gasteiger charge is 2.14. The Balaban J connectivity index is 3.91. The summed E-state index contributed by atoms with van der Waals surface area (Å²) >= 11 is 0. The van der Waals surface area contributed by atoms with E-state index in [0.29, 0.717) is 13.0 Å². The van der Waals surface area contributed by atoms with E-state index in [-0.39, 0.29) is 12.1 Å². The van der Waals surface area contributed by atoms with Gasteiger partial charge in [0.05, 0.1) is 0 Å². The molecular formula is C29H58O3. The zero-order valence-corrected chi connectivity index (χ0v) is 22.0. The van der Waals surface area contributed by atoms with Crippen LogP contribution in [-0.4, -0.2) is 23.8 Å². The third-order valence-electron chi connectivity index (χ3n) is 6.60. The Hall–Kier alpha value is -0.570. The molecule has 0 amide bonds. The van der Waals surface area contributed by atoms with Crippen molar-refractivity contribution < 1.29 is 14.6 Å². The molecule has 32 heavy (non-hydrogen) atoms. The van der Waals surface area contributed by atoms with E-state index in [4.69, 9.17) is 9.84 Å². The SMILES string of the molecule is CCCCCCCCC(CCCCCCCC)OC(=O)CCCCCCCCCCCO. The van der Waals surface area contributed by atoms with Crippen molar-refractivity contribution in [1.82, 2.24) is 0 Å². The molecule has 0 radical (unpaired) electrons. The Labute approximate surface area is 201 Å². The molecule has 1 N–H and O–H groups in total. The number of ether oxygens (including phenoxy) is 1. The summed E-state index contributed by atoms with van der Waals surface area (Å²) < 4.78 is 5.93. The average molecular weight is 455 g/mol. The van der Waals surface area contributed by atoms with Crippen molar-refractivity contribution in [1.29, 1.82) is 0 Å². The summed E-state index contributed by atoms with van der Waals surface area (Å²) in [6, 6.07) is 0. The molecule has 0 aliphatic rings. The zero-order valence-electron chi connectivity index (χ0n) is 22.0. The van der Waals surface area contributed by atoms with Crippen LogP contribution in [0.2, 0.25) is 0 Å². The minimum atomic E-state index is 0.0379. The van der Waals surface area contributed by atoms with E-state index < -0.39 is 0 Å². The molecule has 3 nitrogen and oxygen atoms in total. The van der Waals surface area contributed by atoms with Gasteiger partial charge in [-0.2, -0.15) is 0 Å². The molecule has 0 aromatic rings. The van der Waals surface area contributed by atoms with Crippen LogP contribution in [0, 0.1) is 0 Å². The largest absolute Gasteiger partial charge is 0.462 e. The summed E-state index contributed by atoms with van der Waals surface area (Å²) in [7, 11) is 0. The van der Waals surface area contributed by atoms with Gasteiger partial charge in [0.1, 0.15) is 6.10 Å². The number of rotatable bonds is 26. The maximum Gasteiger partial charge on any atom is 0.306 e. The number of hydrogen-bond donors (Lipinski definition) is 1. The summed E-state index contributed by atoms with van der Waals surface area (Å²) in [4.78, 5) is 12.4. The highest BCUT2D eigenvalue weighted by Crippen LogP contribution is 2.18. The van der Waals surface area contributed by atoms with Crippen LogP contribution in [0.5, 0.6) is 0 Å². The second-order valence-electron chi connectivity index (χ2n) is 9.88. The molecule has 0 unspecified atom stereocenters. The average Bonchev–Trinajstić information content (AvgIpc) is 2.79. The van der Waals surface area contributed by atoms with Crippen LogP contribution in [0.25, 0.3) is 0 Å². The molecule has 0 aromatic carbocycles. The van der Waals surface area contributed by atoms with Gasteiger partial charge in [-0.05, 0) is 38.5 Å². The number of carbonyl (C=O) groups excluding carboxylic acids is 1. The van der Waals surface area contributed by atoms with Crippen LogP contribution in [-0.2, 0) is 9.53 Å². The predicted octanol–water partition coefficient (Wildman–Crippen LogP) is 9.29. The predicted molar refractivity (Wildman–Crippen MR) is 139 cm³/mol. The molecule has 0 rings (SSSR count). The number of carbonyl (C=O) groups is 1. The summed E-state index contributed by atoms with van der Waals surface area (Å²) in [5.74, 6) is 0.0379. The van der Waals surface area contributed by atoms with Crippen molar-refractivity contribution in [2.75, 3.05) is 6.61 Å². The van der Waals surface area contributed by atoms with Crippen LogP contribution in [0.1, 0.15) is 168 Å². The van der Waals surface area contributed by atoms with Crippen molar-refractivity contribution in [3.63, 3.8) is 0 Å². The van der Waals surface area contributed by atoms with Crippen LogP contribution in [0.15, 0.2) is 0 Å². The Morgan fingerprint density at radius 2 is 0.938 bits per heavy atom. The normalized spacial score (nSPS) is 11.4. The second kappa shape index (κ2) is 26.7. The number of unbranched alkanes of at least 4 members (excludes halogenated alkanes) is 18. The van der Waals surface area contributed by atoms with Gasteiger partial charge < -0.3 is 9.84 Å². The van der Waals surface area contributed by atoms with Crippen molar-refractivity contribution >= 4 is 5.97 Å². The van der Waals surface area contributed by atoms with Crippen molar-refractivity contribution in [3.05, 3.63) is 0 Å². The fourth-order valence-electron chi connectivity index (χ4n) is 4.43. The van der Waals surface area contributed by atoms with E-state index in [2.05, 4.69) is 13.8 Å². The van der Waals surface area contributed by atoms with Gasteiger partial charge >= 0.3 is 5.97 Å². The van der Waals surface area contributed by atoms with Gasteiger partial charge in [-0.15, -0.1) is 0 Å². The fourth-order valence-corrected chi connectivity index (χ4v) is 4.43. The minimum absolute atomic E-state index is 0.0379. The number of hydrogen-bond acceptors (Lipinski definition) is 3. The molecule has 0 aliphatic carbocycles. The van der Waals surface area contributed by atoms with Gasteiger partial charge in [-0.1, -0.05) is 123 Å². The van der Waals surface area contributed by atoms with Gasteiger partial charge in [0.25, 0.3) is 0 Å². The molecule has 0 aliphatic heterocycles. The first-order valence-electron chi connectivity index (χ1n) is 14.5. The molecule has 192 valence electrons. The molecule has 0 bridgehead atoms. The summed E-state index contributed by atoms with van der Waals surface area (Å²) in [6.07, 6.45) is 29.0. The highest BCUT2D eigenvalue weighted by molar-refractivity contribution is 5.69. The third kappa shape index (κ3) is 24.1. The smallest absolute Gasteiger partial charge is 0.306 e. The van der Waals surface area contributed by atoms with E-state index in [0.717, 1.165) is 38.5 Å². The lowest BCUT2D eigenvalue weighted by atomic mass is 10.0. The lowest BCUT2D eigenvalue weighted by Gasteiger charge is -2.18. The van der Waals surface area contributed by atoms with Crippen LogP contribution in [0.3, 0.4) is 0 Å². The lowest BCUT2D eigenvalue weighted by molar-refractivity contribution is -0.150. The van der Waals surface area contributed by atoms with E-state index in [9.17, 15) is 4.79 Å². The molecule has 0 saturated heterocycles. The highest BCUT2D eigenvalue weighted by atomic mass is 16.5. The third-order valence-corrected chi connectivity index (χ3v) is 6.60. The van der Waals surface area contributed by atoms with Crippen molar-refractivity contribution in [3.8, 4) is 0 Å². The van der Waals surface area contributed by atoms with Gasteiger partial charge in [0, 0.05) is 13.0 Å². The summed E-state index contributed by atoms with van der Waals surface area (Å²) in [6.45, 7) is 4.85. The first-order valence-corrected chi connectivity index (χ1v) is 14.5. The maximum absolute atomic E-state index is 12.4. The first-order chi connectivity index (χ1) is 15.7. The second-order valence-corrected chi connectivity index (χ2v) is 9.88. The minimum Gasteiger partial charge on any atom is -0.462 e. The molecule has 0 saturated carbocycles. The van der Waals surface area contributed by atoms with Gasteiger partial charge in [0.2, 0.25) is 0 Å². The van der Waals surface area contributed by atoms with E-state index in [1.807, 2.05) is 0 Å². The van der Waals surface area contributed by atoms with E-state index in [1.54, 1.807) is 0 Å². The Kier molecular flexibility index (Phi) is 26.2.